The van der Waals surface area contributed by atoms with Crippen molar-refractivity contribution in [2.45, 2.75) is 39.2 Å². The van der Waals surface area contributed by atoms with E-state index in [9.17, 15) is 14.3 Å². The minimum atomic E-state index is -0.887. The molecule has 0 fully saturated rings. The van der Waals surface area contributed by atoms with E-state index in [1.165, 1.54) is 12.1 Å². The average molecular weight is 330 g/mol. The molecule has 0 radical (unpaired) electrons. The molecular formula is C15H17ClFNO2S. The van der Waals surface area contributed by atoms with Gasteiger partial charge in [0.25, 0.3) is 0 Å². The SMILES string of the molecule is CC(C)(CCC(C)(N=C=S)c1ccc(F)c(Cl)c1)C(=O)O. The lowest BCUT2D eigenvalue weighted by molar-refractivity contribution is -0.147. The van der Waals surface area contributed by atoms with Gasteiger partial charge < -0.3 is 5.11 Å². The molecule has 1 unspecified atom stereocenters. The molecule has 0 spiro atoms. The molecule has 0 saturated carbocycles. The van der Waals surface area contributed by atoms with Crippen molar-refractivity contribution in [3.8, 4) is 0 Å². The summed E-state index contributed by atoms with van der Waals surface area (Å²) >= 11 is 10.5. The molecule has 0 aromatic heterocycles. The molecule has 114 valence electrons. The fourth-order valence-electron chi connectivity index (χ4n) is 1.86. The zero-order valence-corrected chi connectivity index (χ0v) is 13.7. The van der Waals surface area contributed by atoms with E-state index < -0.39 is 22.7 Å². The molecule has 1 atom stereocenters. The van der Waals surface area contributed by atoms with Crippen LogP contribution in [0.1, 0.15) is 39.2 Å². The number of aliphatic carboxylic acids is 1. The van der Waals surface area contributed by atoms with Gasteiger partial charge in [-0.1, -0.05) is 17.7 Å². The van der Waals surface area contributed by atoms with Crippen molar-refractivity contribution in [1.82, 2.24) is 0 Å². The number of isothiocyanates is 1. The largest absolute Gasteiger partial charge is 0.481 e. The summed E-state index contributed by atoms with van der Waals surface area (Å²) in [7, 11) is 0. The fraction of sp³-hybridized carbons (Fsp3) is 0.467. The number of nitrogens with zero attached hydrogens (tertiary/aromatic N) is 1. The summed E-state index contributed by atoms with van der Waals surface area (Å²) in [4.78, 5) is 15.3. The second-order valence-corrected chi connectivity index (χ2v) is 6.38. The number of carboxylic acid groups (broad SMARTS) is 1. The first-order valence-electron chi connectivity index (χ1n) is 6.40. The standard InChI is InChI=1S/C15H17ClFNO2S/c1-14(2,13(19)20)6-7-15(3,18-9-21)10-4-5-12(17)11(16)8-10/h4-5,8H,6-7H2,1-3H3,(H,19,20). The van der Waals surface area contributed by atoms with Crippen molar-refractivity contribution >= 4 is 34.9 Å². The number of rotatable bonds is 6. The van der Waals surface area contributed by atoms with Crippen LogP contribution < -0.4 is 0 Å². The van der Waals surface area contributed by atoms with Crippen LogP contribution in [0.3, 0.4) is 0 Å². The highest BCUT2D eigenvalue weighted by molar-refractivity contribution is 7.78. The number of thiocarbonyl (C=S) groups is 1. The van der Waals surface area contributed by atoms with Crippen LogP contribution in [-0.2, 0) is 10.3 Å². The number of hydrogen-bond donors (Lipinski definition) is 1. The maximum Gasteiger partial charge on any atom is 0.309 e. The molecule has 21 heavy (non-hydrogen) atoms. The van der Waals surface area contributed by atoms with Gasteiger partial charge in [0.15, 0.2) is 0 Å². The first kappa shape index (κ1) is 17.8. The van der Waals surface area contributed by atoms with Crippen LogP contribution >= 0.6 is 23.8 Å². The smallest absolute Gasteiger partial charge is 0.309 e. The summed E-state index contributed by atoms with van der Waals surface area (Å²) in [5.41, 5.74) is -0.999. The van der Waals surface area contributed by atoms with Gasteiger partial charge in [-0.3, -0.25) is 4.79 Å². The van der Waals surface area contributed by atoms with Crippen LogP contribution in [0.4, 0.5) is 4.39 Å². The van der Waals surface area contributed by atoms with Gasteiger partial charge in [-0.25, -0.2) is 9.38 Å². The second kappa shape index (κ2) is 6.65. The third-order valence-corrected chi connectivity index (χ3v) is 4.03. The topological polar surface area (TPSA) is 49.7 Å². The van der Waals surface area contributed by atoms with Gasteiger partial charge in [-0.2, -0.15) is 0 Å². The molecular weight excluding hydrogens is 313 g/mol. The van der Waals surface area contributed by atoms with E-state index in [0.29, 0.717) is 18.4 Å². The highest BCUT2D eigenvalue weighted by atomic mass is 35.5. The maximum absolute atomic E-state index is 13.3. The second-order valence-electron chi connectivity index (χ2n) is 5.79. The monoisotopic (exact) mass is 329 g/mol. The van der Waals surface area contributed by atoms with E-state index in [0.717, 1.165) is 0 Å². The van der Waals surface area contributed by atoms with Crippen molar-refractivity contribution in [2.75, 3.05) is 0 Å². The summed E-state index contributed by atoms with van der Waals surface area (Å²) < 4.78 is 13.3. The molecule has 1 aromatic rings. The van der Waals surface area contributed by atoms with Crippen LogP contribution in [0, 0.1) is 11.2 Å². The van der Waals surface area contributed by atoms with E-state index in [-0.39, 0.29) is 5.02 Å². The lowest BCUT2D eigenvalue weighted by Crippen LogP contribution is -2.28. The Morgan fingerprint density at radius 3 is 2.52 bits per heavy atom. The Labute approximate surface area is 133 Å². The first-order chi connectivity index (χ1) is 9.62. The molecule has 0 aliphatic carbocycles. The number of hydrogen-bond acceptors (Lipinski definition) is 3. The van der Waals surface area contributed by atoms with Crippen molar-refractivity contribution in [3.05, 3.63) is 34.6 Å². The summed E-state index contributed by atoms with van der Waals surface area (Å²) in [6.07, 6.45) is 0.812. The maximum atomic E-state index is 13.3. The summed E-state index contributed by atoms with van der Waals surface area (Å²) in [6, 6.07) is 4.32. The average Bonchev–Trinajstić information content (AvgIpc) is 2.40. The van der Waals surface area contributed by atoms with Crippen molar-refractivity contribution < 1.29 is 14.3 Å². The number of aliphatic imine (C=N–C) groups is 1. The van der Waals surface area contributed by atoms with Crippen LogP contribution in [0.25, 0.3) is 0 Å². The Hall–Kier alpha value is -1.29. The quantitative estimate of drug-likeness (QED) is 0.608. The van der Waals surface area contributed by atoms with E-state index in [1.54, 1.807) is 26.8 Å². The minimum Gasteiger partial charge on any atom is -0.481 e. The highest BCUT2D eigenvalue weighted by Crippen LogP contribution is 2.36. The predicted octanol–water partition coefficient (Wildman–Crippen LogP) is 4.69. The molecule has 0 bridgehead atoms. The highest BCUT2D eigenvalue weighted by Gasteiger charge is 2.33. The Kier molecular flexibility index (Phi) is 5.62. The predicted molar refractivity (Wildman–Crippen MR) is 84.4 cm³/mol. The summed E-state index contributed by atoms with van der Waals surface area (Å²) in [5.74, 6) is -1.40. The molecule has 6 heteroatoms. The van der Waals surface area contributed by atoms with Gasteiger partial charge in [-0.05, 0) is 63.5 Å². The Morgan fingerprint density at radius 2 is 2.05 bits per heavy atom. The minimum absolute atomic E-state index is 0.00390. The Balaban J connectivity index is 3.11. The van der Waals surface area contributed by atoms with Crippen molar-refractivity contribution in [1.29, 1.82) is 0 Å². The zero-order valence-electron chi connectivity index (χ0n) is 12.1. The van der Waals surface area contributed by atoms with Gasteiger partial charge in [0, 0.05) is 0 Å². The normalized spacial score (nSPS) is 14.1. The van der Waals surface area contributed by atoms with Crippen molar-refractivity contribution in [2.24, 2.45) is 10.4 Å². The van der Waals surface area contributed by atoms with Gasteiger partial charge >= 0.3 is 5.97 Å². The summed E-state index contributed by atoms with van der Waals surface area (Å²) in [5, 5.41) is 11.5. The lowest BCUT2D eigenvalue weighted by Gasteiger charge is -2.28. The van der Waals surface area contributed by atoms with Crippen molar-refractivity contribution in [3.63, 3.8) is 0 Å². The fourth-order valence-corrected chi connectivity index (χ4v) is 2.24. The van der Waals surface area contributed by atoms with Gasteiger partial charge in [0.2, 0.25) is 0 Å². The number of benzene rings is 1. The molecule has 0 saturated heterocycles. The molecule has 1 rings (SSSR count). The van der Waals surface area contributed by atoms with Gasteiger partial charge in [-0.15, -0.1) is 0 Å². The molecule has 0 heterocycles. The molecule has 1 N–H and O–H groups in total. The van der Waals surface area contributed by atoms with Gasteiger partial charge in [0.05, 0.1) is 21.1 Å². The van der Waals surface area contributed by atoms with Crippen LogP contribution in [0.5, 0.6) is 0 Å². The van der Waals surface area contributed by atoms with Crippen LogP contribution in [0.15, 0.2) is 23.2 Å². The molecule has 0 amide bonds. The lowest BCUT2D eigenvalue weighted by atomic mass is 9.80. The van der Waals surface area contributed by atoms with Crippen LogP contribution in [-0.4, -0.2) is 16.2 Å². The van der Waals surface area contributed by atoms with E-state index in [2.05, 4.69) is 22.4 Å². The number of carbonyl (C=O) groups is 1. The Bertz CT molecular complexity index is 599. The number of carboxylic acids is 1. The Morgan fingerprint density at radius 1 is 1.43 bits per heavy atom. The number of halogens is 2. The molecule has 0 aliphatic rings. The van der Waals surface area contributed by atoms with E-state index in [1.807, 2.05) is 0 Å². The molecule has 3 nitrogen and oxygen atoms in total. The first-order valence-corrected chi connectivity index (χ1v) is 7.19. The zero-order chi connectivity index (χ0) is 16.3. The third kappa shape index (κ3) is 4.34. The van der Waals surface area contributed by atoms with E-state index in [4.69, 9.17) is 11.6 Å². The van der Waals surface area contributed by atoms with Gasteiger partial charge in [0.1, 0.15) is 5.82 Å². The van der Waals surface area contributed by atoms with Crippen LogP contribution in [0.2, 0.25) is 5.02 Å². The molecule has 0 aliphatic heterocycles. The summed E-state index contributed by atoms with van der Waals surface area (Å²) in [6.45, 7) is 5.09. The van der Waals surface area contributed by atoms with E-state index >= 15 is 0 Å². The molecule has 1 aromatic carbocycles. The third-order valence-electron chi connectivity index (χ3n) is 3.65.